The van der Waals surface area contributed by atoms with Crippen molar-refractivity contribution in [3.8, 4) is 5.75 Å². The van der Waals surface area contributed by atoms with Gasteiger partial charge in [0.05, 0.1) is 6.61 Å². The van der Waals surface area contributed by atoms with Crippen molar-refractivity contribution in [1.29, 1.82) is 0 Å². The van der Waals surface area contributed by atoms with Gasteiger partial charge in [-0.05, 0) is 63.0 Å². The molecule has 1 aliphatic heterocycles. The second-order valence-corrected chi connectivity index (χ2v) is 5.62. The highest BCUT2D eigenvalue weighted by molar-refractivity contribution is 5.27. The number of benzene rings is 1. The van der Waals surface area contributed by atoms with Crippen LogP contribution in [0.25, 0.3) is 0 Å². The fourth-order valence-electron chi connectivity index (χ4n) is 2.87. The van der Waals surface area contributed by atoms with Crippen molar-refractivity contribution < 1.29 is 4.74 Å². The van der Waals surface area contributed by atoms with Crippen LogP contribution in [0.5, 0.6) is 5.75 Å². The topological polar surface area (TPSA) is 24.5 Å². The normalized spacial score (nSPS) is 19.2. The van der Waals surface area contributed by atoms with Crippen LogP contribution >= 0.6 is 0 Å². The van der Waals surface area contributed by atoms with Gasteiger partial charge in [-0.15, -0.1) is 0 Å². The van der Waals surface area contributed by atoms with Crippen molar-refractivity contribution >= 4 is 0 Å². The average molecular weight is 276 g/mol. The molecule has 0 amide bonds. The van der Waals surface area contributed by atoms with Crippen molar-refractivity contribution in [2.45, 2.75) is 33.2 Å². The molecule has 1 atom stereocenters. The molecule has 20 heavy (non-hydrogen) atoms. The molecule has 1 aromatic carbocycles. The van der Waals surface area contributed by atoms with E-state index in [1.165, 1.54) is 38.0 Å². The van der Waals surface area contributed by atoms with Crippen LogP contribution < -0.4 is 10.1 Å². The van der Waals surface area contributed by atoms with Crippen LogP contribution in [-0.4, -0.2) is 37.7 Å². The summed E-state index contributed by atoms with van der Waals surface area (Å²) in [4.78, 5) is 2.55. The highest BCUT2D eigenvalue weighted by atomic mass is 16.5. The second kappa shape index (κ2) is 8.28. The van der Waals surface area contributed by atoms with E-state index in [1.54, 1.807) is 0 Å². The molecule has 0 aliphatic carbocycles. The number of hydrogen-bond donors (Lipinski definition) is 1. The molecule has 1 N–H and O–H groups in total. The molecule has 1 fully saturated rings. The second-order valence-electron chi connectivity index (χ2n) is 5.62. The van der Waals surface area contributed by atoms with Crippen LogP contribution in [0.15, 0.2) is 24.3 Å². The highest BCUT2D eigenvalue weighted by Crippen LogP contribution is 2.16. The Bertz CT molecular complexity index is 371. The largest absolute Gasteiger partial charge is 0.494 e. The first kappa shape index (κ1) is 15.3. The van der Waals surface area contributed by atoms with Crippen LogP contribution in [0.1, 0.15) is 32.3 Å². The van der Waals surface area contributed by atoms with Crippen LogP contribution in [0, 0.1) is 5.92 Å². The molecular formula is C17H28N2O. The van der Waals surface area contributed by atoms with E-state index >= 15 is 0 Å². The summed E-state index contributed by atoms with van der Waals surface area (Å²) < 4.78 is 5.49. The monoisotopic (exact) mass is 276 g/mol. The van der Waals surface area contributed by atoms with E-state index in [2.05, 4.69) is 41.4 Å². The Morgan fingerprint density at radius 1 is 1.25 bits per heavy atom. The minimum atomic E-state index is 0.731. The number of nitrogens with zero attached hydrogens (tertiary/aromatic N) is 1. The maximum absolute atomic E-state index is 5.49. The van der Waals surface area contributed by atoms with Crippen molar-refractivity contribution in [3.63, 3.8) is 0 Å². The molecule has 1 unspecified atom stereocenters. The SMILES string of the molecule is CCOc1ccc(CN(CC)CC2CCCNC2)cc1. The molecule has 1 saturated heterocycles. The van der Waals surface area contributed by atoms with Gasteiger partial charge in [0.25, 0.3) is 0 Å². The number of rotatable bonds is 7. The number of hydrogen-bond acceptors (Lipinski definition) is 3. The summed E-state index contributed by atoms with van der Waals surface area (Å²) in [6.07, 6.45) is 2.69. The molecule has 0 bridgehead atoms. The minimum absolute atomic E-state index is 0.731. The zero-order valence-electron chi connectivity index (χ0n) is 12.9. The van der Waals surface area contributed by atoms with Crippen LogP contribution in [0.2, 0.25) is 0 Å². The highest BCUT2D eigenvalue weighted by Gasteiger charge is 2.16. The van der Waals surface area contributed by atoms with Crippen molar-refractivity contribution in [2.24, 2.45) is 5.92 Å². The zero-order valence-corrected chi connectivity index (χ0v) is 12.9. The molecule has 1 aliphatic rings. The number of ether oxygens (including phenoxy) is 1. The molecule has 0 spiro atoms. The summed E-state index contributed by atoms with van der Waals surface area (Å²) in [5.41, 5.74) is 1.37. The molecule has 3 nitrogen and oxygen atoms in total. The van der Waals surface area contributed by atoms with E-state index in [-0.39, 0.29) is 0 Å². The molecule has 3 heteroatoms. The number of piperidine rings is 1. The Kier molecular flexibility index (Phi) is 6.34. The minimum Gasteiger partial charge on any atom is -0.494 e. The fraction of sp³-hybridized carbons (Fsp3) is 0.647. The van der Waals surface area contributed by atoms with E-state index in [0.717, 1.165) is 31.4 Å². The lowest BCUT2D eigenvalue weighted by Crippen LogP contribution is -2.38. The van der Waals surface area contributed by atoms with Gasteiger partial charge in [-0.2, -0.15) is 0 Å². The van der Waals surface area contributed by atoms with Crippen molar-refractivity contribution in [2.75, 3.05) is 32.8 Å². The standard InChI is InChI=1S/C17H28N2O/c1-3-19(14-16-6-5-11-18-12-16)13-15-7-9-17(10-8-15)20-4-2/h7-10,16,18H,3-6,11-14H2,1-2H3. The third-order valence-electron chi connectivity index (χ3n) is 4.00. The molecule has 0 radical (unpaired) electrons. The Labute approximate surface area is 123 Å². The van der Waals surface area contributed by atoms with Gasteiger partial charge in [0, 0.05) is 13.1 Å². The molecule has 112 valence electrons. The van der Waals surface area contributed by atoms with E-state index in [1.807, 2.05) is 6.92 Å². The van der Waals surface area contributed by atoms with Gasteiger partial charge < -0.3 is 10.1 Å². The van der Waals surface area contributed by atoms with Crippen LogP contribution in [-0.2, 0) is 6.54 Å². The van der Waals surface area contributed by atoms with E-state index in [4.69, 9.17) is 4.74 Å². The fourth-order valence-corrected chi connectivity index (χ4v) is 2.87. The van der Waals surface area contributed by atoms with Gasteiger partial charge >= 0.3 is 0 Å². The third kappa shape index (κ3) is 4.80. The maximum atomic E-state index is 5.49. The zero-order chi connectivity index (χ0) is 14.2. The van der Waals surface area contributed by atoms with Gasteiger partial charge in [0.15, 0.2) is 0 Å². The molecule has 1 aromatic rings. The Balaban J connectivity index is 1.85. The smallest absolute Gasteiger partial charge is 0.119 e. The van der Waals surface area contributed by atoms with E-state index in [0.29, 0.717) is 0 Å². The summed E-state index contributed by atoms with van der Waals surface area (Å²) in [5, 5.41) is 3.51. The number of nitrogens with one attached hydrogen (secondary N) is 1. The van der Waals surface area contributed by atoms with Gasteiger partial charge in [-0.25, -0.2) is 0 Å². The van der Waals surface area contributed by atoms with E-state index < -0.39 is 0 Å². The first-order valence-corrected chi connectivity index (χ1v) is 7.96. The van der Waals surface area contributed by atoms with E-state index in [9.17, 15) is 0 Å². The predicted octanol–water partition coefficient (Wildman–Crippen LogP) is 2.91. The van der Waals surface area contributed by atoms with Crippen molar-refractivity contribution in [3.05, 3.63) is 29.8 Å². The molecule has 0 saturated carbocycles. The molecule has 1 heterocycles. The first-order chi connectivity index (χ1) is 9.81. The van der Waals surface area contributed by atoms with Crippen LogP contribution in [0.3, 0.4) is 0 Å². The van der Waals surface area contributed by atoms with Gasteiger partial charge in [-0.1, -0.05) is 19.1 Å². The quantitative estimate of drug-likeness (QED) is 0.829. The lowest BCUT2D eigenvalue weighted by atomic mass is 9.99. The summed E-state index contributed by atoms with van der Waals surface area (Å²) >= 11 is 0. The molecule has 0 aromatic heterocycles. The van der Waals surface area contributed by atoms with Crippen LogP contribution in [0.4, 0.5) is 0 Å². The van der Waals surface area contributed by atoms with Crippen molar-refractivity contribution in [1.82, 2.24) is 10.2 Å². The Morgan fingerprint density at radius 2 is 2.05 bits per heavy atom. The van der Waals surface area contributed by atoms with Gasteiger partial charge in [0.1, 0.15) is 5.75 Å². The summed E-state index contributed by atoms with van der Waals surface area (Å²) in [6.45, 7) is 10.7. The first-order valence-electron chi connectivity index (χ1n) is 7.96. The Morgan fingerprint density at radius 3 is 2.65 bits per heavy atom. The Hall–Kier alpha value is -1.06. The molecule has 2 rings (SSSR count). The van der Waals surface area contributed by atoms with Gasteiger partial charge in [0.2, 0.25) is 0 Å². The third-order valence-corrected chi connectivity index (χ3v) is 4.00. The maximum Gasteiger partial charge on any atom is 0.119 e. The average Bonchev–Trinajstić information content (AvgIpc) is 2.50. The summed E-state index contributed by atoms with van der Waals surface area (Å²) in [7, 11) is 0. The van der Waals surface area contributed by atoms with Gasteiger partial charge in [-0.3, -0.25) is 4.90 Å². The predicted molar refractivity (Wildman–Crippen MR) is 84.2 cm³/mol. The lowest BCUT2D eigenvalue weighted by molar-refractivity contribution is 0.209. The summed E-state index contributed by atoms with van der Waals surface area (Å²) in [5.74, 6) is 1.78. The lowest BCUT2D eigenvalue weighted by Gasteiger charge is -2.29. The summed E-state index contributed by atoms with van der Waals surface area (Å²) in [6, 6.07) is 8.53. The molecular weight excluding hydrogens is 248 g/mol.